The average Bonchev–Trinajstić information content (AvgIpc) is 3.05. The maximum absolute atomic E-state index is 10.0. The molecule has 0 amide bonds. The van der Waals surface area contributed by atoms with Crippen LogP contribution in [0.3, 0.4) is 0 Å². The van der Waals surface area contributed by atoms with Crippen LogP contribution in [0.2, 0.25) is 0 Å². The van der Waals surface area contributed by atoms with E-state index in [0.29, 0.717) is 5.75 Å². The molecule has 2 heterocycles. The highest BCUT2D eigenvalue weighted by Crippen LogP contribution is 2.28. The molecule has 2 aliphatic rings. The van der Waals surface area contributed by atoms with Crippen molar-refractivity contribution in [3.8, 4) is 5.75 Å². The van der Waals surface area contributed by atoms with Gasteiger partial charge in [0, 0.05) is 18.2 Å². The van der Waals surface area contributed by atoms with Crippen LogP contribution >= 0.6 is 0 Å². The first kappa shape index (κ1) is 15.8. The third-order valence-corrected chi connectivity index (χ3v) is 5.66. The Kier molecular flexibility index (Phi) is 5.04. The van der Waals surface area contributed by atoms with E-state index in [4.69, 9.17) is 0 Å². The lowest BCUT2D eigenvalue weighted by Crippen LogP contribution is -2.42. The van der Waals surface area contributed by atoms with E-state index in [2.05, 4.69) is 29.7 Å². The molecule has 122 valence electrons. The van der Waals surface area contributed by atoms with Crippen molar-refractivity contribution >= 4 is 0 Å². The Morgan fingerprint density at radius 3 is 2.50 bits per heavy atom. The highest BCUT2D eigenvalue weighted by molar-refractivity contribution is 5.35. The second-order valence-corrected chi connectivity index (χ2v) is 7.23. The molecule has 0 bridgehead atoms. The fourth-order valence-electron chi connectivity index (χ4n) is 4.12. The molecule has 1 N–H and O–H groups in total. The summed E-state index contributed by atoms with van der Waals surface area (Å²) in [4.78, 5) is 5.19. The van der Waals surface area contributed by atoms with Crippen LogP contribution < -0.4 is 0 Å². The highest BCUT2D eigenvalue weighted by Gasteiger charge is 2.29. The highest BCUT2D eigenvalue weighted by atomic mass is 16.3. The molecule has 3 nitrogen and oxygen atoms in total. The minimum Gasteiger partial charge on any atom is -0.508 e. The van der Waals surface area contributed by atoms with Crippen LogP contribution in [0, 0.1) is 12.8 Å². The molecule has 3 heteroatoms. The minimum atomic E-state index is 0.443. The number of rotatable bonds is 4. The number of aryl methyl sites for hydroxylation is 1. The van der Waals surface area contributed by atoms with Gasteiger partial charge in [-0.05, 0) is 77.7 Å². The first-order valence-corrected chi connectivity index (χ1v) is 8.88. The average molecular weight is 302 g/mol. The van der Waals surface area contributed by atoms with Crippen molar-refractivity contribution in [2.24, 2.45) is 5.92 Å². The molecule has 0 aliphatic carbocycles. The zero-order valence-electron chi connectivity index (χ0n) is 14.1. The summed E-state index contributed by atoms with van der Waals surface area (Å²) in [5.74, 6) is 1.29. The first-order valence-electron chi connectivity index (χ1n) is 8.88. The zero-order chi connectivity index (χ0) is 15.5. The largest absolute Gasteiger partial charge is 0.508 e. The standard InChI is InChI=1S/C19H30N2O/c1-15-5-6-19(22)18(13-15)14-20-11-7-17(8-12-20)16(2)21-9-3-4-10-21/h5-6,13,16-17,22H,3-4,7-12,14H2,1-2H3. The molecule has 1 atom stereocenters. The Balaban J connectivity index is 1.52. The van der Waals surface area contributed by atoms with E-state index in [0.717, 1.165) is 37.2 Å². The molecule has 3 rings (SSSR count). The van der Waals surface area contributed by atoms with Crippen molar-refractivity contribution in [2.45, 2.75) is 52.1 Å². The molecular formula is C19H30N2O. The summed E-state index contributed by atoms with van der Waals surface area (Å²) in [7, 11) is 0. The molecule has 0 radical (unpaired) electrons. The summed E-state index contributed by atoms with van der Waals surface area (Å²) in [6.45, 7) is 10.3. The van der Waals surface area contributed by atoms with Crippen LogP contribution in [-0.2, 0) is 6.54 Å². The Morgan fingerprint density at radius 1 is 1.14 bits per heavy atom. The van der Waals surface area contributed by atoms with Crippen LogP contribution in [0.25, 0.3) is 0 Å². The van der Waals surface area contributed by atoms with Crippen molar-refractivity contribution in [1.82, 2.24) is 9.80 Å². The zero-order valence-corrected chi connectivity index (χ0v) is 14.1. The maximum atomic E-state index is 10.0. The lowest BCUT2D eigenvalue weighted by atomic mass is 9.89. The smallest absolute Gasteiger partial charge is 0.120 e. The molecule has 1 aromatic carbocycles. The minimum absolute atomic E-state index is 0.443. The summed E-state index contributed by atoms with van der Waals surface area (Å²) >= 11 is 0. The van der Waals surface area contributed by atoms with Crippen molar-refractivity contribution in [3.63, 3.8) is 0 Å². The molecular weight excluding hydrogens is 272 g/mol. The molecule has 2 fully saturated rings. The van der Waals surface area contributed by atoms with Gasteiger partial charge in [0.2, 0.25) is 0 Å². The maximum Gasteiger partial charge on any atom is 0.120 e. The number of benzene rings is 1. The number of hydrogen-bond acceptors (Lipinski definition) is 3. The van der Waals surface area contributed by atoms with Gasteiger partial charge in [-0.15, -0.1) is 0 Å². The summed E-state index contributed by atoms with van der Waals surface area (Å²) in [5, 5.41) is 10.0. The molecule has 0 spiro atoms. The summed E-state index contributed by atoms with van der Waals surface area (Å²) < 4.78 is 0. The number of aromatic hydroxyl groups is 1. The molecule has 1 unspecified atom stereocenters. The number of phenolic OH excluding ortho intramolecular Hbond substituents is 1. The van der Waals surface area contributed by atoms with E-state index >= 15 is 0 Å². The number of likely N-dealkylation sites (tertiary alicyclic amines) is 2. The number of phenols is 1. The number of piperidine rings is 1. The van der Waals surface area contributed by atoms with Crippen molar-refractivity contribution < 1.29 is 5.11 Å². The third kappa shape index (κ3) is 3.64. The molecule has 0 saturated carbocycles. The summed E-state index contributed by atoms with van der Waals surface area (Å²) in [5.41, 5.74) is 2.30. The van der Waals surface area contributed by atoms with Crippen molar-refractivity contribution in [3.05, 3.63) is 29.3 Å². The van der Waals surface area contributed by atoms with Crippen molar-refractivity contribution in [2.75, 3.05) is 26.2 Å². The Hall–Kier alpha value is -1.06. The van der Waals surface area contributed by atoms with E-state index < -0.39 is 0 Å². The topological polar surface area (TPSA) is 26.7 Å². The number of hydrogen-bond donors (Lipinski definition) is 1. The van der Waals surface area contributed by atoms with Gasteiger partial charge in [0.25, 0.3) is 0 Å². The molecule has 2 saturated heterocycles. The van der Waals surface area contributed by atoms with Gasteiger partial charge < -0.3 is 10.0 Å². The van der Waals surface area contributed by atoms with Gasteiger partial charge in [0.05, 0.1) is 0 Å². The predicted octanol–water partition coefficient (Wildman–Crippen LogP) is 3.40. The van der Waals surface area contributed by atoms with Crippen LogP contribution in [0.4, 0.5) is 0 Å². The van der Waals surface area contributed by atoms with E-state index in [9.17, 15) is 5.11 Å². The van der Waals surface area contributed by atoms with Crippen molar-refractivity contribution in [1.29, 1.82) is 0 Å². The van der Waals surface area contributed by atoms with E-state index in [1.165, 1.54) is 44.3 Å². The van der Waals surface area contributed by atoms with Gasteiger partial charge in [-0.2, -0.15) is 0 Å². The lowest BCUT2D eigenvalue weighted by molar-refractivity contribution is 0.107. The quantitative estimate of drug-likeness (QED) is 0.923. The van der Waals surface area contributed by atoms with Crippen LogP contribution in [0.5, 0.6) is 5.75 Å². The molecule has 0 aromatic heterocycles. The van der Waals surface area contributed by atoms with Gasteiger partial charge in [0.15, 0.2) is 0 Å². The van der Waals surface area contributed by atoms with Gasteiger partial charge in [-0.3, -0.25) is 4.90 Å². The fourth-order valence-corrected chi connectivity index (χ4v) is 4.12. The first-order chi connectivity index (χ1) is 10.6. The SMILES string of the molecule is Cc1ccc(O)c(CN2CCC(C(C)N3CCCC3)CC2)c1. The van der Waals surface area contributed by atoms with Gasteiger partial charge in [0.1, 0.15) is 5.75 Å². The van der Waals surface area contributed by atoms with E-state index in [1.54, 1.807) is 0 Å². The predicted molar refractivity (Wildman–Crippen MR) is 91.1 cm³/mol. The molecule has 1 aromatic rings. The second kappa shape index (κ2) is 7.01. The second-order valence-electron chi connectivity index (χ2n) is 7.23. The Morgan fingerprint density at radius 2 is 1.82 bits per heavy atom. The van der Waals surface area contributed by atoms with Crippen LogP contribution in [-0.4, -0.2) is 47.1 Å². The monoisotopic (exact) mass is 302 g/mol. The van der Waals surface area contributed by atoms with Crippen LogP contribution in [0.1, 0.15) is 43.7 Å². The Bertz CT molecular complexity index is 488. The third-order valence-electron chi connectivity index (χ3n) is 5.66. The molecule has 22 heavy (non-hydrogen) atoms. The van der Waals surface area contributed by atoms with Gasteiger partial charge in [-0.1, -0.05) is 17.7 Å². The summed E-state index contributed by atoms with van der Waals surface area (Å²) in [6, 6.07) is 6.67. The van der Waals surface area contributed by atoms with Gasteiger partial charge >= 0.3 is 0 Å². The lowest BCUT2D eigenvalue weighted by Gasteiger charge is -2.38. The van der Waals surface area contributed by atoms with Crippen LogP contribution in [0.15, 0.2) is 18.2 Å². The van der Waals surface area contributed by atoms with E-state index in [-0.39, 0.29) is 0 Å². The fraction of sp³-hybridized carbons (Fsp3) is 0.684. The normalized spacial score (nSPS) is 23.0. The van der Waals surface area contributed by atoms with Gasteiger partial charge in [-0.25, -0.2) is 0 Å². The number of nitrogens with zero attached hydrogens (tertiary/aromatic N) is 2. The van der Waals surface area contributed by atoms with E-state index in [1.807, 2.05) is 12.1 Å². The molecule has 2 aliphatic heterocycles. The summed E-state index contributed by atoms with van der Waals surface area (Å²) in [6.07, 6.45) is 5.36. The Labute approximate surface area is 134 Å².